The van der Waals surface area contributed by atoms with Crippen LogP contribution in [0.1, 0.15) is 0 Å². The van der Waals surface area contributed by atoms with Crippen molar-refractivity contribution < 1.29 is 9.52 Å². The number of fused-ring (bicyclic) bond motifs is 4. The van der Waals surface area contributed by atoms with E-state index in [1.165, 1.54) is 11.1 Å². The Morgan fingerprint density at radius 3 is 1.98 bits per heavy atom. The van der Waals surface area contributed by atoms with Gasteiger partial charge >= 0.3 is 0 Å². The number of phenolic OH excluding ortho intramolecular Hbond substituents is 1. The van der Waals surface area contributed by atoms with Gasteiger partial charge in [0.1, 0.15) is 22.7 Å². The average Bonchev–Trinajstić information content (AvgIpc) is 3.80. The number of imidazole rings is 1. The molecule has 0 spiro atoms. The molecule has 250 valence electrons. The van der Waals surface area contributed by atoms with E-state index in [0.717, 1.165) is 72.2 Å². The molecule has 0 unspecified atom stereocenters. The number of rotatable bonds is 6. The van der Waals surface area contributed by atoms with Gasteiger partial charge in [0.15, 0.2) is 0 Å². The molecule has 10 aromatic rings. The summed E-state index contributed by atoms with van der Waals surface area (Å²) in [5.74, 6) is 0.835. The van der Waals surface area contributed by atoms with Crippen LogP contribution in [0, 0.1) is 0 Å². The van der Waals surface area contributed by atoms with E-state index >= 15 is 0 Å². The second-order valence-corrected chi connectivity index (χ2v) is 13.2. The van der Waals surface area contributed by atoms with E-state index in [1.807, 2.05) is 66.9 Å². The lowest BCUT2D eigenvalue weighted by Gasteiger charge is -2.11. The molecular weight excluding hydrogens is 651 g/mol. The minimum Gasteiger partial charge on any atom is -0.507 e. The Kier molecular flexibility index (Phi) is 7.22. The fourth-order valence-electron chi connectivity index (χ4n) is 7.47. The zero-order chi connectivity index (χ0) is 35.3. The van der Waals surface area contributed by atoms with E-state index in [9.17, 15) is 5.11 Å². The molecule has 0 radical (unpaired) electrons. The third kappa shape index (κ3) is 5.26. The molecule has 0 amide bonds. The third-order valence-corrected chi connectivity index (χ3v) is 9.99. The van der Waals surface area contributed by atoms with Crippen LogP contribution in [0.2, 0.25) is 0 Å². The van der Waals surface area contributed by atoms with Gasteiger partial charge in [-0.15, -0.1) is 0 Å². The number of benzene rings is 7. The van der Waals surface area contributed by atoms with E-state index in [0.29, 0.717) is 11.4 Å². The summed E-state index contributed by atoms with van der Waals surface area (Å²) in [5, 5.41) is 13.1. The van der Waals surface area contributed by atoms with Crippen molar-refractivity contribution in [3.8, 4) is 67.5 Å². The standard InChI is InChI=1S/C48H31N3O2/c52-43-20-9-7-16-38(43)48-50-47-37(18-11-19-42(47)51(48)36-14-5-2-6-15-36)40-28-35(30-45-46(40)39-17-8-10-21-44(39)53-45)41-29-34(26-27-49-41)33-24-22-32(23-25-33)31-12-3-1-4-13-31/h1-30,52H. The highest BCUT2D eigenvalue weighted by Crippen LogP contribution is 2.43. The minimum atomic E-state index is 0.174. The summed E-state index contributed by atoms with van der Waals surface area (Å²) in [4.78, 5) is 10.2. The monoisotopic (exact) mass is 681 g/mol. The van der Waals surface area contributed by atoms with Crippen molar-refractivity contribution in [3.05, 3.63) is 182 Å². The largest absolute Gasteiger partial charge is 0.507 e. The van der Waals surface area contributed by atoms with Crippen molar-refractivity contribution in [1.29, 1.82) is 0 Å². The van der Waals surface area contributed by atoms with Crippen LogP contribution >= 0.6 is 0 Å². The fraction of sp³-hybridized carbons (Fsp3) is 0. The number of hydrogen-bond donors (Lipinski definition) is 1. The average molecular weight is 682 g/mol. The van der Waals surface area contributed by atoms with Crippen molar-refractivity contribution in [2.75, 3.05) is 0 Å². The maximum atomic E-state index is 11.0. The molecule has 5 nitrogen and oxygen atoms in total. The zero-order valence-corrected chi connectivity index (χ0v) is 28.5. The van der Waals surface area contributed by atoms with Crippen LogP contribution in [0.3, 0.4) is 0 Å². The number of hydrogen-bond acceptors (Lipinski definition) is 4. The summed E-state index contributed by atoms with van der Waals surface area (Å²) < 4.78 is 8.68. The first-order chi connectivity index (χ1) is 26.2. The van der Waals surface area contributed by atoms with Crippen LogP contribution in [0.5, 0.6) is 5.75 Å². The van der Waals surface area contributed by atoms with E-state index in [4.69, 9.17) is 14.4 Å². The van der Waals surface area contributed by atoms with Crippen LogP contribution in [0.15, 0.2) is 187 Å². The summed E-state index contributed by atoms with van der Waals surface area (Å²) in [6, 6.07) is 59.6. The molecule has 0 bridgehead atoms. The van der Waals surface area contributed by atoms with Crippen molar-refractivity contribution in [2.24, 2.45) is 0 Å². The molecule has 7 aromatic carbocycles. The third-order valence-electron chi connectivity index (χ3n) is 9.99. The SMILES string of the molecule is Oc1ccccc1-c1nc2c(-c3cc(-c4cc(-c5ccc(-c6ccccc6)cc5)ccn4)cc4oc5ccccc5c34)cccc2n1-c1ccccc1. The predicted octanol–water partition coefficient (Wildman–Crippen LogP) is 12.4. The molecule has 3 heterocycles. The van der Waals surface area contributed by atoms with Crippen molar-refractivity contribution in [2.45, 2.75) is 0 Å². The summed E-state index contributed by atoms with van der Waals surface area (Å²) in [5.41, 5.74) is 13.3. The second-order valence-electron chi connectivity index (χ2n) is 13.2. The highest BCUT2D eigenvalue weighted by Gasteiger charge is 2.22. The molecule has 3 aromatic heterocycles. The van der Waals surface area contributed by atoms with Gasteiger partial charge in [-0.3, -0.25) is 9.55 Å². The van der Waals surface area contributed by atoms with Gasteiger partial charge in [0.05, 0.1) is 22.3 Å². The Morgan fingerprint density at radius 2 is 1.17 bits per heavy atom. The number of nitrogens with zero attached hydrogens (tertiary/aromatic N) is 3. The van der Waals surface area contributed by atoms with Crippen molar-refractivity contribution in [1.82, 2.24) is 14.5 Å². The van der Waals surface area contributed by atoms with Gasteiger partial charge < -0.3 is 9.52 Å². The lowest BCUT2D eigenvalue weighted by Crippen LogP contribution is -1.97. The van der Waals surface area contributed by atoms with Crippen LogP contribution in [0.4, 0.5) is 0 Å². The van der Waals surface area contributed by atoms with E-state index in [-0.39, 0.29) is 5.75 Å². The molecule has 0 saturated heterocycles. The molecule has 0 saturated carbocycles. The summed E-state index contributed by atoms with van der Waals surface area (Å²) in [7, 11) is 0. The summed E-state index contributed by atoms with van der Waals surface area (Å²) >= 11 is 0. The van der Waals surface area contributed by atoms with Crippen molar-refractivity contribution >= 4 is 33.0 Å². The Bertz CT molecular complexity index is 2940. The lowest BCUT2D eigenvalue weighted by atomic mass is 9.94. The molecule has 0 fully saturated rings. The first kappa shape index (κ1) is 30.6. The van der Waals surface area contributed by atoms with Crippen LogP contribution in [-0.4, -0.2) is 19.6 Å². The Hall–Kier alpha value is -7.24. The summed E-state index contributed by atoms with van der Waals surface area (Å²) in [6.45, 7) is 0. The maximum Gasteiger partial charge on any atom is 0.149 e. The maximum absolute atomic E-state index is 11.0. The Balaban J connectivity index is 1.18. The van der Waals surface area contributed by atoms with Gasteiger partial charge in [0, 0.05) is 33.8 Å². The van der Waals surface area contributed by atoms with E-state index < -0.39 is 0 Å². The molecule has 0 aliphatic heterocycles. The predicted molar refractivity (Wildman–Crippen MR) is 215 cm³/mol. The second kappa shape index (κ2) is 12.5. The topological polar surface area (TPSA) is 64.1 Å². The van der Waals surface area contributed by atoms with Gasteiger partial charge in [-0.05, 0) is 88.5 Å². The summed E-state index contributed by atoms with van der Waals surface area (Å²) in [6.07, 6.45) is 1.87. The molecule has 0 atom stereocenters. The number of phenols is 1. The van der Waals surface area contributed by atoms with Gasteiger partial charge in [-0.25, -0.2) is 4.98 Å². The lowest BCUT2D eigenvalue weighted by molar-refractivity contribution is 0.477. The normalized spacial score (nSPS) is 11.5. The number of aromatic hydroxyl groups is 1. The first-order valence-corrected chi connectivity index (χ1v) is 17.6. The van der Waals surface area contributed by atoms with Gasteiger partial charge in [-0.1, -0.05) is 115 Å². The zero-order valence-electron chi connectivity index (χ0n) is 28.5. The Morgan fingerprint density at radius 1 is 0.491 bits per heavy atom. The highest BCUT2D eigenvalue weighted by molar-refractivity contribution is 6.16. The minimum absolute atomic E-state index is 0.174. The number of pyridine rings is 1. The molecule has 1 N–H and O–H groups in total. The molecule has 10 rings (SSSR count). The quantitative estimate of drug-likeness (QED) is 0.190. The van der Waals surface area contributed by atoms with Crippen LogP contribution < -0.4 is 0 Å². The number of aromatic nitrogens is 3. The fourth-order valence-corrected chi connectivity index (χ4v) is 7.47. The van der Waals surface area contributed by atoms with E-state index in [1.54, 1.807) is 6.07 Å². The molecule has 5 heteroatoms. The van der Waals surface area contributed by atoms with Crippen molar-refractivity contribution in [3.63, 3.8) is 0 Å². The van der Waals surface area contributed by atoms with Gasteiger partial charge in [0.2, 0.25) is 0 Å². The Labute approximate surface area is 305 Å². The number of para-hydroxylation sites is 4. The first-order valence-electron chi connectivity index (χ1n) is 17.6. The van der Waals surface area contributed by atoms with Crippen LogP contribution in [0.25, 0.3) is 94.7 Å². The number of furan rings is 1. The van der Waals surface area contributed by atoms with E-state index in [2.05, 4.69) is 114 Å². The molecule has 0 aliphatic rings. The van der Waals surface area contributed by atoms with Gasteiger partial charge in [0.25, 0.3) is 0 Å². The van der Waals surface area contributed by atoms with Crippen LogP contribution in [-0.2, 0) is 0 Å². The molecular formula is C48H31N3O2. The smallest absolute Gasteiger partial charge is 0.149 e. The highest BCUT2D eigenvalue weighted by atomic mass is 16.3. The van der Waals surface area contributed by atoms with Gasteiger partial charge in [-0.2, -0.15) is 0 Å². The molecule has 0 aliphatic carbocycles. The molecule has 53 heavy (non-hydrogen) atoms.